The van der Waals surface area contributed by atoms with E-state index in [0.29, 0.717) is 24.1 Å². The van der Waals surface area contributed by atoms with Gasteiger partial charge in [0.15, 0.2) is 0 Å². The summed E-state index contributed by atoms with van der Waals surface area (Å²) in [6.45, 7) is 0.602. The van der Waals surface area contributed by atoms with Gasteiger partial charge in [-0.15, -0.1) is 0 Å². The Balaban J connectivity index is 1.24. The minimum Gasteiger partial charge on any atom is -0.352 e. The quantitative estimate of drug-likeness (QED) is 0.631. The predicted octanol–water partition coefficient (Wildman–Crippen LogP) is 2.56. The van der Waals surface area contributed by atoms with Crippen LogP contribution in [0.2, 0.25) is 0 Å². The molecular weight excluding hydrogens is 368 g/mol. The molecule has 0 unspecified atom stereocenters. The van der Waals surface area contributed by atoms with Crippen LogP contribution in [0.3, 0.4) is 0 Å². The number of amides is 3. The highest BCUT2D eigenvalue weighted by atomic mass is 16.2. The summed E-state index contributed by atoms with van der Waals surface area (Å²) in [5.41, 5.74) is 2.70. The van der Waals surface area contributed by atoms with Crippen molar-refractivity contribution in [3.8, 4) is 5.69 Å². The maximum atomic E-state index is 12.3. The molecule has 0 bridgehead atoms. The summed E-state index contributed by atoms with van der Waals surface area (Å²) in [6, 6.07) is 16.5. The third kappa shape index (κ3) is 3.94. The van der Waals surface area contributed by atoms with Gasteiger partial charge < -0.3 is 5.32 Å². The van der Waals surface area contributed by atoms with Crippen LogP contribution < -0.4 is 5.32 Å². The lowest BCUT2D eigenvalue weighted by atomic mass is 10.1. The fourth-order valence-corrected chi connectivity index (χ4v) is 3.30. The van der Waals surface area contributed by atoms with Crippen molar-refractivity contribution < 1.29 is 14.4 Å². The van der Waals surface area contributed by atoms with Crippen LogP contribution in [0.25, 0.3) is 5.69 Å². The van der Waals surface area contributed by atoms with Crippen molar-refractivity contribution in [1.29, 1.82) is 0 Å². The molecule has 0 atom stereocenters. The van der Waals surface area contributed by atoms with Crippen LogP contribution in [-0.4, -0.2) is 38.9 Å². The van der Waals surface area contributed by atoms with E-state index in [1.807, 2.05) is 36.5 Å². The van der Waals surface area contributed by atoms with Gasteiger partial charge in [0, 0.05) is 31.3 Å². The van der Waals surface area contributed by atoms with Crippen molar-refractivity contribution in [1.82, 2.24) is 20.0 Å². The largest absolute Gasteiger partial charge is 0.352 e. The van der Waals surface area contributed by atoms with E-state index < -0.39 is 0 Å². The molecule has 3 amide bonds. The molecular formula is C22H20N4O3. The second-order valence-electron chi connectivity index (χ2n) is 6.82. The van der Waals surface area contributed by atoms with Crippen LogP contribution >= 0.6 is 0 Å². The summed E-state index contributed by atoms with van der Waals surface area (Å²) in [5.74, 6) is -0.715. The number of imide groups is 1. The molecule has 1 aliphatic rings. The van der Waals surface area contributed by atoms with E-state index in [0.717, 1.165) is 11.3 Å². The second-order valence-corrected chi connectivity index (χ2v) is 6.82. The van der Waals surface area contributed by atoms with Gasteiger partial charge in [0.2, 0.25) is 5.91 Å². The van der Waals surface area contributed by atoms with Gasteiger partial charge in [-0.1, -0.05) is 30.3 Å². The van der Waals surface area contributed by atoms with Gasteiger partial charge in [0.05, 0.1) is 23.0 Å². The lowest BCUT2D eigenvalue weighted by Crippen LogP contribution is -2.32. The molecule has 0 saturated carbocycles. The molecule has 1 aliphatic heterocycles. The second kappa shape index (κ2) is 8.10. The highest BCUT2D eigenvalue weighted by Crippen LogP contribution is 2.22. The third-order valence-corrected chi connectivity index (χ3v) is 4.81. The average molecular weight is 388 g/mol. The lowest BCUT2D eigenvalue weighted by molar-refractivity contribution is -0.121. The summed E-state index contributed by atoms with van der Waals surface area (Å²) < 4.78 is 1.75. The first-order valence-corrected chi connectivity index (χ1v) is 9.44. The van der Waals surface area contributed by atoms with Gasteiger partial charge in [0.1, 0.15) is 0 Å². The molecule has 29 heavy (non-hydrogen) atoms. The zero-order chi connectivity index (χ0) is 20.2. The fraction of sp³-hybridized carbons (Fsp3) is 0.182. The molecule has 0 fully saturated rings. The molecule has 0 aliphatic carbocycles. The molecule has 1 N–H and O–H groups in total. The minimum atomic E-state index is -0.292. The van der Waals surface area contributed by atoms with E-state index in [-0.39, 0.29) is 30.7 Å². The van der Waals surface area contributed by atoms with E-state index in [4.69, 9.17) is 0 Å². The Labute approximate surface area is 167 Å². The van der Waals surface area contributed by atoms with E-state index in [2.05, 4.69) is 10.4 Å². The van der Waals surface area contributed by atoms with Crippen LogP contribution in [0.4, 0.5) is 0 Å². The fourth-order valence-electron chi connectivity index (χ4n) is 3.30. The van der Waals surface area contributed by atoms with Gasteiger partial charge in [-0.05, 0) is 30.7 Å². The average Bonchev–Trinajstić information content (AvgIpc) is 3.32. The molecule has 1 aromatic heterocycles. The Hall–Kier alpha value is -3.74. The maximum Gasteiger partial charge on any atom is 0.261 e. The number of para-hydroxylation sites is 1. The van der Waals surface area contributed by atoms with E-state index in [1.54, 1.807) is 35.1 Å². The lowest BCUT2D eigenvalue weighted by Gasteiger charge is -2.13. The standard InChI is InChI=1S/C22H20N4O3/c27-20(23-13-16-14-24-26(15-16)17-7-2-1-3-8-17)11-6-12-25-21(28)18-9-4-5-10-19(18)22(25)29/h1-5,7-10,14-15H,6,11-13H2,(H,23,27). The molecule has 2 aromatic carbocycles. The molecule has 0 saturated heterocycles. The summed E-state index contributed by atoms with van der Waals surface area (Å²) in [6.07, 6.45) is 4.24. The van der Waals surface area contributed by atoms with E-state index in [1.165, 1.54) is 4.90 Å². The van der Waals surface area contributed by atoms with Crippen LogP contribution in [0.15, 0.2) is 67.0 Å². The van der Waals surface area contributed by atoms with E-state index in [9.17, 15) is 14.4 Å². The number of carbonyl (C=O) groups excluding carboxylic acids is 3. The van der Waals surface area contributed by atoms with Crippen molar-refractivity contribution in [3.63, 3.8) is 0 Å². The number of rotatable bonds is 7. The van der Waals surface area contributed by atoms with Crippen molar-refractivity contribution >= 4 is 17.7 Å². The first-order chi connectivity index (χ1) is 14.1. The first-order valence-electron chi connectivity index (χ1n) is 9.44. The van der Waals surface area contributed by atoms with Crippen molar-refractivity contribution in [2.45, 2.75) is 19.4 Å². The number of hydrogen-bond donors (Lipinski definition) is 1. The van der Waals surface area contributed by atoms with E-state index >= 15 is 0 Å². The Morgan fingerprint density at radius 2 is 1.59 bits per heavy atom. The zero-order valence-corrected chi connectivity index (χ0v) is 15.7. The Kier molecular flexibility index (Phi) is 5.20. The molecule has 7 heteroatoms. The molecule has 3 aromatic rings. The maximum absolute atomic E-state index is 12.3. The van der Waals surface area contributed by atoms with Crippen LogP contribution in [0, 0.1) is 0 Å². The van der Waals surface area contributed by atoms with Gasteiger partial charge in [-0.3, -0.25) is 19.3 Å². The van der Waals surface area contributed by atoms with Gasteiger partial charge in [-0.2, -0.15) is 5.10 Å². The summed E-state index contributed by atoms with van der Waals surface area (Å²) >= 11 is 0. The first kappa shape index (κ1) is 18.6. The number of fused-ring (bicyclic) bond motifs is 1. The molecule has 4 rings (SSSR count). The van der Waals surface area contributed by atoms with Crippen molar-refractivity contribution in [2.24, 2.45) is 0 Å². The molecule has 2 heterocycles. The summed E-state index contributed by atoms with van der Waals surface area (Å²) in [5, 5.41) is 7.15. The number of carbonyl (C=O) groups is 3. The summed E-state index contributed by atoms with van der Waals surface area (Å²) in [4.78, 5) is 37.9. The van der Waals surface area contributed by atoms with Gasteiger partial charge >= 0.3 is 0 Å². The molecule has 7 nitrogen and oxygen atoms in total. The normalized spacial score (nSPS) is 12.9. The van der Waals surface area contributed by atoms with Crippen molar-refractivity contribution in [2.75, 3.05) is 6.54 Å². The van der Waals surface area contributed by atoms with Gasteiger partial charge in [0.25, 0.3) is 11.8 Å². The number of nitrogens with one attached hydrogen (secondary N) is 1. The van der Waals surface area contributed by atoms with Crippen LogP contribution in [-0.2, 0) is 11.3 Å². The molecule has 0 spiro atoms. The SMILES string of the molecule is O=C(CCCN1C(=O)c2ccccc2C1=O)NCc1cnn(-c2ccccc2)c1. The predicted molar refractivity (Wildman–Crippen MR) is 106 cm³/mol. The zero-order valence-electron chi connectivity index (χ0n) is 15.7. The minimum absolute atomic E-state index is 0.130. The van der Waals surface area contributed by atoms with Crippen LogP contribution in [0.1, 0.15) is 39.1 Å². The summed E-state index contributed by atoms with van der Waals surface area (Å²) in [7, 11) is 0. The highest BCUT2D eigenvalue weighted by molar-refractivity contribution is 6.21. The van der Waals surface area contributed by atoms with Gasteiger partial charge in [-0.25, -0.2) is 4.68 Å². The smallest absolute Gasteiger partial charge is 0.261 e. The topological polar surface area (TPSA) is 84.3 Å². The number of hydrogen-bond acceptors (Lipinski definition) is 4. The molecule has 146 valence electrons. The number of aromatic nitrogens is 2. The number of benzene rings is 2. The van der Waals surface area contributed by atoms with Crippen LogP contribution in [0.5, 0.6) is 0 Å². The Morgan fingerprint density at radius 1 is 0.931 bits per heavy atom. The number of nitrogens with zero attached hydrogens (tertiary/aromatic N) is 3. The monoisotopic (exact) mass is 388 g/mol. The molecule has 0 radical (unpaired) electrons. The Bertz CT molecular complexity index is 1020. The van der Waals surface area contributed by atoms with Crippen molar-refractivity contribution in [3.05, 3.63) is 83.7 Å². The third-order valence-electron chi connectivity index (χ3n) is 4.81. The highest BCUT2D eigenvalue weighted by Gasteiger charge is 2.34. The Morgan fingerprint density at radius 3 is 2.28 bits per heavy atom.